The minimum atomic E-state index is -0.952. The van der Waals surface area contributed by atoms with Gasteiger partial charge < -0.3 is 24.6 Å². The van der Waals surface area contributed by atoms with E-state index in [-0.39, 0.29) is 17.7 Å². The first-order valence-corrected chi connectivity index (χ1v) is 5.06. The van der Waals surface area contributed by atoms with Crippen LogP contribution < -0.4 is 14.8 Å². The Morgan fingerprint density at radius 2 is 1.89 bits per heavy atom. The summed E-state index contributed by atoms with van der Waals surface area (Å²) in [5.41, 5.74) is 0. The molecule has 0 radical (unpaired) electrons. The number of hydrogen-bond donors (Lipinski definition) is 2. The van der Waals surface area contributed by atoms with Crippen molar-refractivity contribution in [3.05, 3.63) is 6.07 Å². The van der Waals surface area contributed by atoms with Crippen LogP contribution in [0.25, 0.3) is 0 Å². The summed E-state index contributed by atoms with van der Waals surface area (Å²) in [6.45, 7) is -0.449. The van der Waals surface area contributed by atoms with E-state index in [4.69, 9.17) is 14.6 Å². The fraction of sp³-hybridized carbons (Fsp3) is 0.500. The number of rotatable bonds is 6. The number of esters is 1. The molecule has 0 aliphatic heterocycles. The topological polar surface area (TPSA) is 103 Å². The number of carbonyl (C=O) groups excluding carboxylic acids is 1. The van der Waals surface area contributed by atoms with Crippen molar-refractivity contribution in [2.75, 3.05) is 33.3 Å². The van der Waals surface area contributed by atoms with Crippen LogP contribution in [0.15, 0.2) is 6.07 Å². The predicted molar refractivity (Wildman–Crippen MR) is 61.6 cm³/mol. The van der Waals surface area contributed by atoms with Gasteiger partial charge in [-0.2, -0.15) is 9.97 Å². The minimum absolute atomic E-state index is 0.0932. The van der Waals surface area contributed by atoms with E-state index in [2.05, 4.69) is 20.0 Å². The molecule has 1 heterocycles. The highest BCUT2D eigenvalue weighted by molar-refractivity contribution is 5.78. The van der Waals surface area contributed by atoms with Crippen LogP contribution in [-0.4, -0.2) is 55.0 Å². The van der Waals surface area contributed by atoms with Crippen LogP contribution in [0.1, 0.15) is 0 Å². The van der Waals surface area contributed by atoms with Crippen molar-refractivity contribution in [1.29, 1.82) is 0 Å². The second kappa shape index (κ2) is 6.60. The van der Waals surface area contributed by atoms with Gasteiger partial charge in [0.2, 0.25) is 17.7 Å². The maximum Gasteiger partial charge on any atom is 0.330 e. The van der Waals surface area contributed by atoms with Crippen molar-refractivity contribution in [1.82, 2.24) is 9.97 Å². The highest BCUT2D eigenvalue weighted by Crippen LogP contribution is 2.17. The Balaban J connectivity index is 2.91. The average Bonchev–Trinajstić information content (AvgIpc) is 2.43. The Kier molecular flexibility index (Phi) is 5.12. The summed E-state index contributed by atoms with van der Waals surface area (Å²) in [4.78, 5) is 19.2. The van der Waals surface area contributed by atoms with Gasteiger partial charge in [0.05, 0.1) is 34.0 Å². The molecule has 100 valence electrons. The molecule has 0 aliphatic carbocycles. The van der Waals surface area contributed by atoms with Crippen LogP contribution in [0.4, 0.5) is 5.95 Å². The number of hydrogen-bond acceptors (Lipinski definition) is 8. The number of methoxy groups -OCH3 is 3. The van der Waals surface area contributed by atoms with E-state index in [1.54, 1.807) is 0 Å². The number of aromatic nitrogens is 2. The minimum Gasteiger partial charge on any atom is -0.481 e. The maximum absolute atomic E-state index is 11.3. The van der Waals surface area contributed by atoms with E-state index in [9.17, 15) is 4.79 Å². The summed E-state index contributed by atoms with van der Waals surface area (Å²) < 4.78 is 14.4. The maximum atomic E-state index is 11.3. The largest absolute Gasteiger partial charge is 0.481 e. The third-order valence-electron chi connectivity index (χ3n) is 2.07. The third kappa shape index (κ3) is 3.45. The monoisotopic (exact) mass is 257 g/mol. The number of aliphatic hydroxyl groups excluding tert-OH is 1. The predicted octanol–water partition coefficient (Wildman–Crippen LogP) is -0.560. The zero-order valence-corrected chi connectivity index (χ0v) is 10.3. The summed E-state index contributed by atoms with van der Waals surface area (Å²) in [5, 5.41) is 11.7. The molecule has 1 aromatic heterocycles. The van der Waals surface area contributed by atoms with Crippen LogP contribution in [0, 0.1) is 0 Å². The summed E-state index contributed by atoms with van der Waals surface area (Å²) in [6, 6.07) is 0.531. The molecular formula is C10H15N3O5. The third-order valence-corrected chi connectivity index (χ3v) is 2.07. The molecule has 0 spiro atoms. The zero-order chi connectivity index (χ0) is 13.5. The Morgan fingerprint density at radius 1 is 1.33 bits per heavy atom. The molecule has 0 saturated carbocycles. The standard InChI is InChI=1S/C10H15N3O5/c1-16-7-4-8(17-2)13-10(12-7)11-6(5-14)9(15)18-3/h4,6,14H,5H2,1-3H3,(H,11,12,13). The highest BCUT2D eigenvalue weighted by Gasteiger charge is 2.19. The number of anilines is 1. The lowest BCUT2D eigenvalue weighted by Crippen LogP contribution is -2.34. The number of aliphatic hydroxyl groups is 1. The smallest absolute Gasteiger partial charge is 0.330 e. The van der Waals surface area contributed by atoms with E-state index < -0.39 is 18.6 Å². The Morgan fingerprint density at radius 3 is 2.28 bits per heavy atom. The first kappa shape index (κ1) is 14.0. The van der Waals surface area contributed by atoms with Crippen LogP contribution >= 0.6 is 0 Å². The van der Waals surface area contributed by atoms with Gasteiger partial charge in [-0.15, -0.1) is 0 Å². The molecule has 1 atom stereocenters. The molecule has 1 unspecified atom stereocenters. The summed E-state index contributed by atoms with van der Waals surface area (Å²) in [5.74, 6) is 0.00958. The van der Waals surface area contributed by atoms with Gasteiger partial charge in [0.15, 0.2) is 6.04 Å². The SMILES string of the molecule is COC(=O)C(CO)Nc1nc(OC)cc(OC)n1. The lowest BCUT2D eigenvalue weighted by atomic mass is 10.3. The Hall–Kier alpha value is -2.09. The number of carbonyl (C=O) groups is 1. The van der Waals surface area contributed by atoms with Crippen molar-refractivity contribution < 1.29 is 24.1 Å². The normalized spacial score (nSPS) is 11.6. The first-order valence-electron chi connectivity index (χ1n) is 5.06. The van der Waals surface area contributed by atoms with E-state index in [0.717, 1.165) is 0 Å². The number of nitrogens with zero attached hydrogens (tertiary/aromatic N) is 2. The van der Waals surface area contributed by atoms with Crippen LogP contribution in [0.3, 0.4) is 0 Å². The van der Waals surface area contributed by atoms with Gasteiger partial charge in [0.1, 0.15) is 0 Å². The van der Waals surface area contributed by atoms with Crippen molar-refractivity contribution >= 4 is 11.9 Å². The lowest BCUT2D eigenvalue weighted by molar-refractivity contribution is -0.142. The molecular weight excluding hydrogens is 242 g/mol. The fourth-order valence-electron chi connectivity index (χ4n) is 1.15. The first-order chi connectivity index (χ1) is 8.64. The van der Waals surface area contributed by atoms with Crippen molar-refractivity contribution in [3.63, 3.8) is 0 Å². The average molecular weight is 257 g/mol. The molecule has 0 saturated heterocycles. The van der Waals surface area contributed by atoms with Crippen molar-refractivity contribution in [3.8, 4) is 11.8 Å². The number of nitrogens with one attached hydrogen (secondary N) is 1. The fourth-order valence-corrected chi connectivity index (χ4v) is 1.15. The molecule has 0 amide bonds. The molecule has 8 heteroatoms. The van der Waals surface area contributed by atoms with Crippen LogP contribution in [0.5, 0.6) is 11.8 Å². The quantitative estimate of drug-likeness (QED) is 0.654. The highest BCUT2D eigenvalue weighted by atomic mass is 16.5. The van der Waals surface area contributed by atoms with Crippen molar-refractivity contribution in [2.24, 2.45) is 0 Å². The molecule has 18 heavy (non-hydrogen) atoms. The van der Waals surface area contributed by atoms with E-state index in [0.29, 0.717) is 0 Å². The van der Waals surface area contributed by atoms with Gasteiger partial charge in [-0.3, -0.25) is 0 Å². The second-order valence-corrected chi connectivity index (χ2v) is 3.18. The molecule has 1 aromatic rings. The van der Waals surface area contributed by atoms with Gasteiger partial charge in [-0.25, -0.2) is 4.79 Å². The van der Waals surface area contributed by atoms with Gasteiger partial charge >= 0.3 is 5.97 Å². The summed E-state index contributed by atoms with van der Waals surface area (Å²) in [7, 11) is 4.10. The van der Waals surface area contributed by atoms with Gasteiger partial charge in [0.25, 0.3) is 0 Å². The lowest BCUT2D eigenvalue weighted by Gasteiger charge is -2.14. The van der Waals surface area contributed by atoms with E-state index >= 15 is 0 Å². The second-order valence-electron chi connectivity index (χ2n) is 3.18. The summed E-state index contributed by atoms with van der Waals surface area (Å²) in [6.07, 6.45) is 0. The Bertz CT molecular complexity index is 390. The molecule has 1 rings (SSSR count). The molecule has 0 aliphatic rings. The van der Waals surface area contributed by atoms with E-state index in [1.165, 1.54) is 27.4 Å². The molecule has 2 N–H and O–H groups in total. The van der Waals surface area contributed by atoms with Crippen LogP contribution in [0.2, 0.25) is 0 Å². The molecule has 0 bridgehead atoms. The van der Waals surface area contributed by atoms with E-state index in [1.807, 2.05) is 0 Å². The zero-order valence-electron chi connectivity index (χ0n) is 10.3. The van der Waals surface area contributed by atoms with Crippen LogP contribution in [-0.2, 0) is 9.53 Å². The van der Waals surface area contributed by atoms with Gasteiger partial charge in [-0.1, -0.05) is 0 Å². The Labute approximate surface area is 104 Å². The molecule has 8 nitrogen and oxygen atoms in total. The van der Waals surface area contributed by atoms with Gasteiger partial charge in [-0.05, 0) is 0 Å². The molecule has 0 fully saturated rings. The number of ether oxygens (including phenoxy) is 3. The van der Waals surface area contributed by atoms with Crippen molar-refractivity contribution in [2.45, 2.75) is 6.04 Å². The molecule has 0 aromatic carbocycles. The van der Waals surface area contributed by atoms with Gasteiger partial charge in [0, 0.05) is 0 Å². The summed E-state index contributed by atoms with van der Waals surface area (Å²) >= 11 is 0.